The third-order valence-corrected chi connectivity index (χ3v) is 6.68. The summed E-state index contributed by atoms with van der Waals surface area (Å²) in [6, 6.07) is 17.5. The predicted octanol–water partition coefficient (Wildman–Crippen LogP) is 3.47. The number of para-hydroxylation sites is 1. The third-order valence-electron chi connectivity index (χ3n) is 6.68. The first-order valence-corrected chi connectivity index (χ1v) is 11.1. The SMILES string of the molecule is CCc1ccccc1N1CC2COCCN2[C@H]2N=C(c3cccc4[nH]ccc34)NC=C21. The highest BCUT2D eigenvalue weighted by atomic mass is 16.5. The number of piperazine rings is 1. The van der Waals surface area contributed by atoms with Gasteiger partial charge in [-0.2, -0.15) is 0 Å². The van der Waals surface area contributed by atoms with Crippen LogP contribution in [0.4, 0.5) is 5.69 Å². The number of aliphatic imine (C=N–C) groups is 1. The van der Waals surface area contributed by atoms with E-state index in [1.807, 2.05) is 6.20 Å². The molecule has 0 aliphatic carbocycles. The highest BCUT2D eigenvalue weighted by Crippen LogP contribution is 2.35. The van der Waals surface area contributed by atoms with Crippen LogP contribution < -0.4 is 10.2 Å². The Morgan fingerprint density at radius 3 is 3.00 bits per heavy atom. The quantitative estimate of drug-likeness (QED) is 0.690. The van der Waals surface area contributed by atoms with Gasteiger partial charge in [-0.3, -0.25) is 4.90 Å². The van der Waals surface area contributed by atoms with Crippen LogP contribution in [0.3, 0.4) is 0 Å². The molecule has 6 heteroatoms. The number of ether oxygens (including phenoxy) is 1. The van der Waals surface area contributed by atoms with Crippen molar-refractivity contribution in [3.8, 4) is 0 Å². The van der Waals surface area contributed by atoms with Crippen molar-refractivity contribution in [2.75, 3.05) is 31.2 Å². The van der Waals surface area contributed by atoms with Gasteiger partial charge in [-0.05, 0) is 30.2 Å². The van der Waals surface area contributed by atoms with E-state index in [0.29, 0.717) is 6.04 Å². The fourth-order valence-electron chi connectivity index (χ4n) is 5.12. The standard InChI is InChI=1S/C25H27N5O/c1-2-17-6-3-4-9-22(17)30-15-18-16-31-13-12-29(18)25-23(30)14-27-24(28-25)20-7-5-8-21-19(20)10-11-26-21/h3-11,14,18,25-26H,2,12-13,15-16H2,1H3,(H,27,28)/t18?,25-/m1/s1. The second-order valence-corrected chi connectivity index (χ2v) is 8.37. The minimum Gasteiger partial charge on any atom is -0.378 e. The van der Waals surface area contributed by atoms with Crippen molar-refractivity contribution in [2.45, 2.75) is 25.6 Å². The van der Waals surface area contributed by atoms with E-state index in [0.717, 1.165) is 49.6 Å². The molecule has 0 saturated carbocycles. The molecule has 31 heavy (non-hydrogen) atoms. The van der Waals surface area contributed by atoms with Gasteiger partial charge in [-0.1, -0.05) is 37.3 Å². The Morgan fingerprint density at radius 2 is 2.06 bits per heavy atom. The van der Waals surface area contributed by atoms with Crippen LogP contribution in [0, 0.1) is 0 Å². The molecule has 2 aromatic carbocycles. The lowest BCUT2D eigenvalue weighted by atomic mass is 10.0. The molecule has 3 aliphatic rings. The number of nitrogens with one attached hydrogen (secondary N) is 2. The Balaban J connectivity index is 1.44. The molecule has 6 nitrogen and oxygen atoms in total. The maximum absolute atomic E-state index is 5.86. The van der Waals surface area contributed by atoms with Gasteiger partial charge in [0, 0.05) is 47.6 Å². The number of hydrogen-bond donors (Lipinski definition) is 2. The molecule has 2 saturated heterocycles. The van der Waals surface area contributed by atoms with Gasteiger partial charge >= 0.3 is 0 Å². The Bertz CT molecular complexity index is 1180. The zero-order valence-corrected chi connectivity index (χ0v) is 17.7. The minimum atomic E-state index is -0.0157. The molecule has 2 fully saturated rings. The molecule has 0 amide bonds. The van der Waals surface area contributed by atoms with Crippen LogP contribution in [-0.2, 0) is 11.2 Å². The van der Waals surface area contributed by atoms with Crippen LogP contribution in [0.1, 0.15) is 18.1 Å². The Labute approximate surface area is 182 Å². The smallest absolute Gasteiger partial charge is 0.147 e. The first-order valence-electron chi connectivity index (χ1n) is 11.1. The summed E-state index contributed by atoms with van der Waals surface area (Å²) in [5.41, 5.74) is 6.11. The monoisotopic (exact) mass is 413 g/mol. The van der Waals surface area contributed by atoms with E-state index in [4.69, 9.17) is 9.73 Å². The normalized spacial score (nSPS) is 23.6. The highest BCUT2D eigenvalue weighted by Gasteiger charge is 2.41. The molecular formula is C25H27N5O. The zero-order valence-electron chi connectivity index (χ0n) is 17.7. The number of amidine groups is 1. The summed E-state index contributed by atoms with van der Waals surface area (Å²) in [5.74, 6) is 0.926. The minimum absolute atomic E-state index is 0.0157. The lowest BCUT2D eigenvalue weighted by molar-refractivity contribution is -0.0264. The van der Waals surface area contributed by atoms with Gasteiger partial charge < -0.3 is 19.9 Å². The topological polar surface area (TPSA) is 55.9 Å². The molecule has 2 N–H and O–H groups in total. The van der Waals surface area contributed by atoms with Gasteiger partial charge in [-0.15, -0.1) is 0 Å². The van der Waals surface area contributed by atoms with Gasteiger partial charge in [0.1, 0.15) is 12.0 Å². The molecule has 3 aromatic rings. The number of benzene rings is 2. The largest absolute Gasteiger partial charge is 0.378 e. The van der Waals surface area contributed by atoms with Crippen LogP contribution in [0.25, 0.3) is 10.9 Å². The number of aromatic amines is 1. The van der Waals surface area contributed by atoms with Gasteiger partial charge in [-0.25, -0.2) is 4.99 Å². The van der Waals surface area contributed by atoms with Gasteiger partial charge in [0.25, 0.3) is 0 Å². The Hall–Kier alpha value is -3.09. The molecule has 158 valence electrons. The van der Waals surface area contributed by atoms with Crippen molar-refractivity contribution in [2.24, 2.45) is 4.99 Å². The predicted molar refractivity (Wildman–Crippen MR) is 124 cm³/mol. The molecular weight excluding hydrogens is 386 g/mol. The van der Waals surface area contributed by atoms with Crippen molar-refractivity contribution in [1.82, 2.24) is 15.2 Å². The van der Waals surface area contributed by atoms with Crippen molar-refractivity contribution in [3.63, 3.8) is 0 Å². The maximum atomic E-state index is 5.86. The number of aromatic nitrogens is 1. The van der Waals surface area contributed by atoms with Crippen LogP contribution >= 0.6 is 0 Å². The van der Waals surface area contributed by atoms with Crippen molar-refractivity contribution >= 4 is 22.4 Å². The van der Waals surface area contributed by atoms with Crippen molar-refractivity contribution in [3.05, 3.63) is 77.8 Å². The number of hydrogen-bond acceptors (Lipinski definition) is 5. The Kier molecular flexibility index (Phi) is 4.55. The second kappa shape index (κ2) is 7.55. The fraction of sp³-hybridized carbons (Fsp3) is 0.320. The zero-order chi connectivity index (χ0) is 20.8. The number of rotatable bonds is 3. The molecule has 0 radical (unpaired) electrons. The van der Waals surface area contributed by atoms with Crippen molar-refractivity contribution < 1.29 is 4.74 Å². The summed E-state index contributed by atoms with van der Waals surface area (Å²) in [6.07, 6.45) is 5.14. The molecule has 0 bridgehead atoms. The van der Waals surface area contributed by atoms with Gasteiger partial charge in [0.2, 0.25) is 0 Å². The fourth-order valence-corrected chi connectivity index (χ4v) is 5.12. The van der Waals surface area contributed by atoms with Crippen LogP contribution in [0.5, 0.6) is 0 Å². The third kappa shape index (κ3) is 3.06. The van der Waals surface area contributed by atoms with E-state index in [9.17, 15) is 0 Å². The average molecular weight is 414 g/mol. The first-order chi connectivity index (χ1) is 15.3. The summed E-state index contributed by atoms with van der Waals surface area (Å²) < 4.78 is 5.86. The van der Waals surface area contributed by atoms with Gasteiger partial charge in [0.15, 0.2) is 0 Å². The number of fused-ring (bicyclic) bond motifs is 4. The summed E-state index contributed by atoms with van der Waals surface area (Å²) in [4.78, 5) is 13.5. The number of H-pyrrole nitrogens is 1. The lowest BCUT2D eigenvalue weighted by Gasteiger charge is -2.50. The second-order valence-electron chi connectivity index (χ2n) is 8.37. The molecule has 4 heterocycles. The van der Waals surface area contributed by atoms with Crippen molar-refractivity contribution in [1.29, 1.82) is 0 Å². The molecule has 6 rings (SSSR count). The van der Waals surface area contributed by atoms with E-state index in [-0.39, 0.29) is 6.17 Å². The van der Waals surface area contributed by atoms with Crippen LogP contribution in [-0.4, -0.2) is 54.2 Å². The van der Waals surface area contributed by atoms with E-state index in [1.54, 1.807) is 0 Å². The van der Waals surface area contributed by atoms with Crippen LogP contribution in [0.15, 0.2) is 71.6 Å². The number of morpholine rings is 1. The number of aryl methyl sites for hydroxylation is 1. The molecule has 1 unspecified atom stereocenters. The number of nitrogens with zero attached hydrogens (tertiary/aromatic N) is 3. The maximum Gasteiger partial charge on any atom is 0.147 e. The molecule has 0 spiro atoms. The number of anilines is 1. The molecule has 2 atom stereocenters. The van der Waals surface area contributed by atoms with E-state index in [2.05, 4.69) is 81.8 Å². The average Bonchev–Trinajstić information content (AvgIpc) is 3.32. The van der Waals surface area contributed by atoms with E-state index in [1.165, 1.54) is 22.3 Å². The summed E-state index contributed by atoms with van der Waals surface area (Å²) >= 11 is 0. The summed E-state index contributed by atoms with van der Waals surface area (Å²) in [7, 11) is 0. The van der Waals surface area contributed by atoms with Crippen LogP contribution in [0.2, 0.25) is 0 Å². The molecule has 3 aliphatic heterocycles. The van der Waals surface area contributed by atoms with E-state index < -0.39 is 0 Å². The lowest BCUT2D eigenvalue weighted by Crippen LogP contribution is -2.62. The molecule has 1 aromatic heterocycles. The highest BCUT2D eigenvalue weighted by molar-refractivity contribution is 6.10. The van der Waals surface area contributed by atoms with E-state index >= 15 is 0 Å². The summed E-state index contributed by atoms with van der Waals surface area (Å²) in [5, 5.41) is 4.71. The Morgan fingerprint density at radius 1 is 1.13 bits per heavy atom. The van der Waals surface area contributed by atoms with Gasteiger partial charge in [0.05, 0.1) is 25.0 Å². The summed E-state index contributed by atoms with van der Waals surface area (Å²) in [6.45, 7) is 5.55. The first kappa shape index (κ1) is 18.7.